The van der Waals surface area contributed by atoms with Crippen molar-refractivity contribution in [1.82, 2.24) is 5.32 Å². The van der Waals surface area contributed by atoms with Crippen molar-refractivity contribution in [3.05, 3.63) is 35.9 Å². The summed E-state index contributed by atoms with van der Waals surface area (Å²) in [6.07, 6.45) is -1.33. The van der Waals surface area contributed by atoms with Crippen LogP contribution in [-0.4, -0.2) is 41.4 Å². The Morgan fingerprint density at radius 3 is 2.21 bits per heavy atom. The minimum atomic E-state index is -1.22. The Morgan fingerprint density at radius 1 is 1.11 bits per heavy atom. The Hall–Kier alpha value is -2.57. The molecule has 0 radical (unpaired) electrons. The molecule has 7 nitrogen and oxygen atoms in total. The number of amides is 1. The third-order valence-electron chi connectivity index (χ3n) is 3.77. The summed E-state index contributed by atoms with van der Waals surface area (Å²) in [4.78, 5) is 36.0. The Balaban J connectivity index is 2.85. The molecule has 7 heteroatoms. The van der Waals surface area contributed by atoms with Crippen molar-refractivity contribution in [3.8, 4) is 0 Å². The number of carboxylic acid groups (broad SMARTS) is 1. The van der Waals surface area contributed by atoms with E-state index in [4.69, 9.17) is 9.47 Å². The number of rotatable bonds is 9. The molecule has 0 saturated carbocycles. The van der Waals surface area contributed by atoms with E-state index >= 15 is 0 Å². The molecule has 0 aromatic heterocycles. The second-order valence-corrected chi connectivity index (χ2v) is 8.16. The first-order valence-corrected chi connectivity index (χ1v) is 9.42. The molecule has 28 heavy (non-hydrogen) atoms. The lowest BCUT2D eigenvalue weighted by molar-refractivity contribution is -0.167. The number of carbonyl (C=O) groups is 3. The van der Waals surface area contributed by atoms with E-state index in [-0.39, 0.29) is 18.9 Å². The number of ether oxygens (including phenoxy) is 2. The predicted molar refractivity (Wildman–Crippen MR) is 105 cm³/mol. The van der Waals surface area contributed by atoms with Crippen LogP contribution >= 0.6 is 0 Å². The number of carbonyl (C=O) groups excluding carboxylic acids is 2. The van der Waals surface area contributed by atoms with Crippen LogP contribution in [0.3, 0.4) is 0 Å². The normalized spacial score (nSPS) is 13.5. The number of hydrogen-bond acceptors (Lipinski definition) is 5. The highest BCUT2D eigenvalue weighted by molar-refractivity contribution is 5.80. The lowest BCUT2D eigenvalue weighted by atomic mass is 9.99. The quantitative estimate of drug-likeness (QED) is 0.624. The molecular formula is C21H31NO6. The minimum absolute atomic E-state index is 0.0172. The summed E-state index contributed by atoms with van der Waals surface area (Å²) in [5, 5.41) is 11.9. The molecular weight excluding hydrogens is 362 g/mol. The molecule has 1 aromatic rings. The van der Waals surface area contributed by atoms with E-state index < -0.39 is 35.7 Å². The third kappa shape index (κ3) is 9.39. The minimum Gasteiger partial charge on any atom is -0.479 e. The van der Waals surface area contributed by atoms with Crippen LogP contribution in [0.15, 0.2) is 30.3 Å². The molecule has 0 aliphatic rings. The number of aliphatic carboxylic acids is 1. The zero-order chi connectivity index (χ0) is 21.3. The fourth-order valence-electron chi connectivity index (χ4n) is 2.52. The first-order chi connectivity index (χ1) is 13.0. The molecule has 0 aliphatic heterocycles. The summed E-state index contributed by atoms with van der Waals surface area (Å²) < 4.78 is 10.5. The second kappa shape index (κ2) is 10.7. The Bertz CT molecular complexity index is 651. The Labute approximate surface area is 166 Å². The van der Waals surface area contributed by atoms with Gasteiger partial charge in [-0.1, -0.05) is 44.2 Å². The molecule has 2 atom stereocenters. The molecule has 0 heterocycles. The highest BCUT2D eigenvalue weighted by Crippen LogP contribution is 2.15. The number of carboxylic acids is 1. The average Bonchev–Trinajstić information content (AvgIpc) is 2.56. The zero-order valence-electron chi connectivity index (χ0n) is 17.2. The Morgan fingerprint density at radius 2 is 1.71 bits per heavy atom. The van der Waals surface area contributed by atoms with Crippen molar-refractivity contribution in [3.63, 3.8) is 0 Å². The molecule has 1 rings (SSSR count). The van der Waals surface area contributed by atoms with Crippen molar-refractivity contribution in [1.29, 1.82) is 0 Å². The molecule has 1 aromatic carbocycles. The number of esters is 1. The van der Waals surface area contributed by atoms with Crippen LogP contribution in [0.2, 0.25) is 0 Å². The summed E-state index contributed by atoms with van der Waals surface area (Å²) in [6.45, 7) is 8.92. The second-order valence-electron chi connectivity index (χ2n) is 8.16. The van der Waals surface area contributed by atoms with Gasteiger partial charge < -0.3 is 19.9 Å². The van der Waals surface area contributed by atoms with E-state index in [0.29, 0.717) is 6.42 Å². The van der Waals surface area contributed by atoms with Crippen LogP contribution in [-0.2, 0) is 25.5 Å². The van der Waals surface area contributed by atoms with Crippen molar-refractivity contribution < 1.29 is 29.0 Å². The zero-order valence-corrected chi connectivity index (χ0v) is 17.2. The van der Waals surface area contributed by atoms with E-state index in [9.17, 15) is 19.5 Å². The maximum Gasteiger partial charge on any atom is 0.407 e. The molecule has 0 bridgehead atoms. The van der Waals surface area contributed by atoms with Crippen molar-refractivity contribution in [2.45, 2.75) is 59.2 Å². The summed E-state index contributed by atoms with van der Waals surface area (Å²) >= 11 is 0. The summed E-state index contributed by atoms with van der Waals surface area (Å²) in [7, 11) is 0. The fraction of sp³-hybridized carbons (Fsp3) is 0.571. The van der Waals surface area contributed by atoms with Gasteiger partial charge in [0.2, 0.25) is 0 Å². The number of nitrogens with one attached hydrogen (secondary N) is 1. The smallest absolute Gasteiger partial charge is 0.407 e. The standard InChI is InChI=1S/C21H31NO6/c1-14(2)11-17(18(23)24)27-19(25)16(12-15-9-7-6-8-10-15)13-22-20(26)28-21(3,4)5/h6-10,14,16-17H,11-13H2,1-5H3,(H,22,26)(H,23,24)/t16-,17+/m1/s1. The molecule has 0 spiro atoms. The highest BCUT2D eigenvalue weighted by Gasteiger charge is 2.29. The van der Waals surface area contributed by atoms with E-state index in [0.717, 1.165) is 5.56 Å². The van der Waals surface area contributed by atoms with Crippen LogP contribution in [0.5, 0.6) is 0 Å². The summed E-state index contributed by atoms with van der Waals surface area (Å²) in [5.41, 5.74) is 0.219. The van der Waals surface area contributed by atoms with Crippen LogP contribution in [0, 0.1) is 11.8 Å². The number of benzene rings is 1. The van der Waals surface area contributed by atoms with Crippen molar-refractivity contribution in [2.75, 3.05) is 6.54 Å². The predicted octanol–water partition coefficient (Wildman–Crippen LogP) is 3.41. The highest BCUT2D eigenvalue weighted by atomic mass is 16.6. The van der Waals surface area contributed by atoms with E-state index in [1.807, 2.05) is 44.2 Å². The molecule has 156 valence electrons. The van der Waals surface area contributed by atoms with Crippen LogP contribution < -0.4 is 5.32 Å². The first-order valence-electron chi connectivity index (χ1n) is 9.42. The lowest BCUT2D eigenvalue weighted by Crippen LogP contribution is -2.40. The van der Waals surface area contributed by atoms with Crippen molar-refractivity contribution in [2.24, 2.45) is 11.8 Å². The van der Waals surface area contributed by atoms with Gasteiger partial charge >= 0.3 is 18.0 Å². The molecule has 0 aliphatic carbocycles. The van der Waals surface area contributed by atoms with Gasteiger partial charge in [0.25, 0.3) is 0 Å². The van der Waals surface area contributed by atoms with Crippen LogP contribution in [0.4, 0.5) is 4.79 Å². The van der Waals surface area contributed by atoms with E-state index in [1.54, 1.807) is 20.8 Å². The van der Waals surface area contributed by atoms with Gasteiger partial charge in [-0.2, -0.15) is 0 Å². The molecule has 0 fully saturated rings. The SMILES string of the molecule is CC(C)C[C@H](OC(=O)[C@@H](CNC(=O)OC(C)(C)C)Cc1ccccc1)C(=O)O. The van der Waals surface area contributed by atoms with E-state index in [1.165, 1.54) is 0 Å². The van der Waals surface area contributed by atoms with Crippen LogP contribution in [0.1, 0.15) is 46.6 Å². The number of alkyl carbamates (subject to hydrolysis) is 1. The first kappa shape index (κ1) is 23.5. The van der Waals surface area contributed by atoms with Gasteiger partial charge in [0, 0.05) is 6.54 Å². The van der Waals surface area contributed by atoms with Gasteiger partial charge in [-0.05, 0) is 45.1 Å². The summed E-state index contributed by atoms with van der Waals surface area (Å²) in [5.74, 6) is -2.51. The molecule has 0 saturated heterocycles. The molecule has 2 N–H and O–H groups in total. The third-order valence-corrected chi connectivity index (χ3v) is 3.77. The largest absolute Gasteiger partial charge is 0.479 e. The lowest BCUT2D eigenvalue weighted by Gasteiger charge is -2.23. The number of hydrogen-bond donors (Lipinski definition) is 2. The van der Waals surface area contributed by atoms with Gasteiger partial charge in [0.05, 0.1) is 5.92 Å². The van der Waals surface area contributed by atoms with E-state index in [2.05, 4.69) is 5.32 Å². The topological polar surface area (TPSA) is 102 Å². The van der Waals surface area contributed by atoms with Crippen molar-refractivity contribution >= 4 is 18.0 Å². The molecule has 1 amide bonds. The van der Waals surface area contributed by atoms with Gasteiger partial charge in [0.1, 0.15) is 5.60 Å². The fourth-order valence-corrected chi connectivity index (χ4v) is 2.52. The van der Waals surface area contributed by atoms with Gasteiger partial charge in [-0.3, -0.25) is 4.79 Å². The summed E-state index contributed by atoms with van der Waals surface area (Å²) in [6, 6.07) is 9.27. The van der Waals surface area contributed by atoms with Gasteiger partial charge in [-0.15, -0.1) is 0 Å². The maximum absolute atomic E-state index is 12.7. The average molecular weight is 393 g/mol. The van der Waals surface area contributed by atoms with Gasteiger partial charge in [0.15, 0.2) is 6.10 Å². The maximum atomic E-state index is 12.7. The van der Waals surface area contributed by atoms with Crippen LogP contribution in [0.25, 0.3) is 0 Å². The Kier molecular flexibility index (Phi) is 8.96. The monoisotopic (exact) mass is 393 g/mol. The van der Waals surface area contributed by atoms with Gasteiger partial charge in [-0.25, -0.2) is 9.59 Å². The molecule has 0 unspecified atom stereocenters.